The van der Waals surface area contributed by atoms with Crippen LogP contribution in [0, 0.1) is 6.92 Å². The van der Waals surface area contributed by atoms with Gasteiger partial charge < -0.3 is 10.1 Å². The summed E-state index contributed by atoms with van der Waals surface area (Å²) < 4.78 is 7.26. The molecule has 0 saturated carbocycles. The van der Waals surface area contributed by atoms with Gasteiger partial charge in [0.15, 0.2) is 0 Å². The Balaban J connectivity index is 1.48. The Morgan fingerprint density at radius 3 is 2.29 bits per heavy atom. The van der Waals surface area contributed by atoms with Crippen LogP contribution < -0.4 is 10.1 Å². The van der Waals surface area contributed by atoms with Gasteiger partial charge in [0.05, 0.1) is 11.3 Å². The smallest absolute Gasteiger partial charge is 0.257 e. The van der Waals surface area contributed by atoms with Crippen LogP contribution in [-0.2, 0) is 0 Å². The summed E-state index contributed by atoms with van der Waals surface area (Å²) in [5.41, 5.74) is 2.90. The van der Waals surface area contributed by atoms with Crippen LogP contribution in [0.15, 0.2) is 79.1 Å². The Morgan fingerprint density at radius 1 is 0.929 bits per heavy atom. The molecule has 4 rings (SSSR count). The van der Waals surface area contributed by atoms with Crippen molar-refractivity contribution in [2.24, 2.45) is 0 Å². The van der Waals surface area contributed by atoms with E-state index in [1.807, 2.05) is 49.4 Å². The van der Waals surface area contributed by atoms with E-state index in [1.54, 1.807) is 30.3 Å². The van der Waals surface area contributed by atoms with Gasteiger partial charge in [-0.3, -0.25) is 4.79 Å². The highest BCUT2D eigenvalue weighted by molar-refractivity contribution is 6.06. The van der Waals surface area contributed by atoms with Gasteiger partial charge in [-0.1, -0.05) is 29.8 Å². The van der Waals surface area contributed by atoms with Gasteiger partial charge in [0.25, 0.3) is 5.91 Å². The number of rotatable bonds is 5. The minimum Gasteiger partial charge on any atom is -0.457 e. The fraction of sp³-hybridized carbons (Fsp3) is 0.0476. The molecule has 0 aliphatic rings. The van der Waals surface area contributed by atoms with Gasteiger partial charge in [0.2, 0.25) is 0 Å². The van der Waals surface area contributed by atoms with E-state index in [0.29, 0.717) is 22.7 Å². The van der Waals surface area contributed by atoms with Crippen LogP contribution in [-0.4, -0.2) is 26.1 Å². The number of tetrazole rings is 1. The van der Waals surface area contributed by atoms with Crippen LogP contribution in [0.4, 0.5) is 5.69 Å². The van der Waals surface area contributed by atoms with E-state index >= 15 is 0 Å². The van der Waals surface area contributed by atoms with Crippen molar-refractivity contribution in [2.45, 2.75) is 6.92 Å². The molecule has 0 spiro atoms. The zero-order valence-electron chi connectivity index (χ0n) is 15.1. The first-order valence-electron chi connectivity index (χ1n) is 8.67. The lowest BCUT2D eigenvalue weighted by atomic mass is 10.1. The van der Waals surface area contributed by atoms with E-state index in [9.17, 15) is 4.79 Å². The summed E-state index contributed by atoms with van der Waals surface area (Å²) in [5.74, 6) is 1.20. The van der Waals surface area contributed by atoms with Gasteiger partial charge in [-0.05, 0) is 65.9 Å². The van der Waals surface area contributed by atoms with Crippen LogP contribution in [0.25, 0.3) is 5.69 Å². The molecule has 0 atom stereocenters. The second kappa shape index (κ2) is 7.71. The molecule has 0 radical (unpaired) electrons. The quantitative estimate of drug-likeness (QED) is 0.573. The Kier molecular flexibility index (Phi) is 4.79. The number of amides is 1. The third-order valence-electron chi connectivity index (χ3n) is 4.11. The van der Waals surface area contributed by atoms with Crippen molar-refractivity contribution in [3.8, 4) is 17.2 Å². The average Bonchev–Trinajstić information content (AvgIpc) is 3.26. The van der Waals surface area contributed by atoms with E-state index in [2.05, 4.69) is 20.8 Å². The van der Waals surface area contributed by atoms with E-state index < -0.39 is 0 Å². The minimum absolute atomic E-state index is 0.252. The fourth-order valence-electron chi connectivity index (χ4n) is 2.68. The monoisotopic (exact) mass is 371 g/mol. The van der Waals surface area contributed by atoms with Crippen molar-refractivity contribution in [2.75, 3.05) is 5.32 Å². The lowest BCUT2D eigenvalue weighted by molar-refractivity contribution is 0.102. The molecule has 1 amide bonds. The third-order valence-corrected chi connectivity index (χ3v) is 4.11. The van der Waals surface area contributed by atoms with E-state index in [1.165, 1.54) is 16.6 Å². The number of carbonyl (C=O) groups is 1. The number of ether oxygens (including phenoxy) is 1. The highest BCUT2D eigenvalue weighted by Crippen LogP contribution is 2.24. The Bertz CT molecular complexity index is 1070. The number of benzene rings is 3. The molecule has 1 N–H and O–H groups in total. The number of hydrogen-bond acceptors (Lipinski definition) is 5. The lowest BCUT2D eigenvalue weighted by Crippen LogP contribution is -2.15. The number of para-hydroxylation sites is 1. The molecule has 28 heavy (non-hydrogen) atoms. The molecule has 3 aromatic carbocycles. The second-order valence-corrected chi connectivity index (χ2v) is 6.17. The largest absolute Gasteiger partial charge is 0.457 e. The standard InChI is InChI=1S/C21H17N5O2/c1-15-6-10-17(11-7-15)28-18-12-8-16(9-13-18)23-21(27)19-4-2-3-5-20(19)26-14-22-24-25-26/h2-14H,1H3,(H,23,27). The lowest BCUT2D eigenvalue weighted by Gasteiger charge is -2.10. The predicted octanol–water partition coefficient (Wildman–Crippen LogP) is 4.02. The predicted molar refractivity (Wildman–Crippen MR) is 105 cm³/mol. The molecule has 0 aliphatic carbocycles. The molecule has 7 heteroatoms. The van der Waals surface area contributed by atoms with Crippen molar-refractivity contribution >= 4 is 11.6 Å². The molecule has 0 unspecified atom stereocenters. The van der Waals surface area contributed by atoms with Crippen LogP contribution >= 0.6 is 0 Å². The fourth-order valence-corrected chi connectivity index (χ4v) is 2.68. The van der Waals surface area contributed by atoms with Crippen LogP contribution in [0.2, 0.25) is 0 Å². The summed E-state index contributed by atoms with van der Waals surface area (Å²) >= 11 is 0. The van der Waals surface area contributed by atoms with Gasteiger partial charge in [-0.25, -0.2) is 0 Å². The Labute approximate surface area is 161 Å². The zero-order chi connectivity index (χ0) is 19.3. The minimum atomic E-state index is -0.252. The summed E-state index contributed by atoms with van der Waals surface area (Å²) in [6.07, 6.45) is 1.45. The summed E-state index contributed by atoms with van der Waals surface area (Å²) in [6.45, 7) is 2.03. The Morgan fingerprint density at radius 2 is 1.61 bits per heavy atom. The van der Waals surface area contributed by atoms with Crippen molar-refractivity contribution in [1.82, 2.24) is 20.2 Å². The summed E-state index contributed by atoms with van der Waals surface area (Å²) in [6, 6.07) is 22.1. The summed E-state index contributed by atoms with van der Waals surface area (Å²) in [5, 5.41) is 14.0. The first-order valence-corrected chi connectivity index (χ1v) is 8.67. The molecule has 0 fully saturated rings. The first-order chi connectivity index (χ1) is 13.7. The van der Waals surface area contributed by atoms with Crippen molar-refractivity contribution in [3.63, 3.8) is 0 Å². The van der Waals surface area contributed by atoms with Crippen LogP contribution in [0.1, 0.15) is 15.9 Å². The molecular formula is C21H17N5O2. The van der Waals surface area contributed by atoms with Gasteiger partial charge in [-0.15, -0.1) is 5.10 Å². The molecular weight excluding hydrogens is 354 g/mol. The number of aromatic nitrogens is 4. The van der Waals surface area contributed by atoms with Gasteiger partial charge >= 0.3 is 0 Å². The van der Waals surface area contributed by atoms with E-state index in [-0.39, 0.29) is 5.91 Å². The molecule has 0 aliphatic heterocycles. The van der Waals surface area contributed by atoms with Crippen molar-refractivity contribution in [3.05, 3.63) is 90.3 Å². The molecule has 1 aromatic heterocycles. The zero-order valence-corrected chi connectivity index (χ0v) is 15.1. The van der Waals surface area contributed by atoms with Crippen LogP contribution in [0.5, 0.6) is 11.5 Å². The van der Waals surface area contributed by atoms with Crippen LogP contribution in [0.3, 0.4) is 0 Å². The van der Waals surface area contributed by atoms with Gasteiger partial charge in [0, 0.05) is 5.69 Å². The molecule has 1 heterocycles. The third kappa shape index (κ3) is 3.88. The number of nitrogens with zero attached hydrogens (tertiary/aromatic N) is 4. The van der Waals surface area contributed by atoms with E-state index in [4.69, 9.17) is 4.74 Å². The summed E-state index contributed by atoms with van der Waals surface area (Å²) in [7, 11) is 0. The maximum absolute atomic E-state index is 12.7. The number of carbonyl (C=O) groups excluding carboxylic acids is 1. The SMILES string of the molecule is Cc1ccc(Oc2ccc(NC(=O)c3ccccc3-n3cnnn3)cc2)cc1. The van der Waals surface area contributed by atoms with Gasteiger partial charge in [-0.2, -0.15) is 4.68 Å². The average molecular weight is 371 g/mol. The molecule has 0 bridgehead atoms. The molecule has 7 nitrogen and oxygen atoms in total. The number of aryl methyl sites for hydroxylation is 1. The molecule has 138 valence electrons. The highest BCUT2D eigenvalue weighted by atomic mass is 16.5. The Hall–Kier alpha value is -4.00. The highest BCUT2D eigenvalue weighted by Gasteiger charge is 2.13. The van der Waals surface area contributed by atoms with Crippen molar-refractivity contribution in [1.29, 1.82) is 0 Å². The molecule has 4 aromatic rings. The topological polar surface area (TPSA) is 81.9 Å². The maximum atomic E-state index is 12.7. The second-order valence-electron chi connectivity index (χ2n) is 6.17. The van der Waals surface area contributed by atoms with Crippen molar-refractivity contribution < 1.29 is 9.53 Å². The number of anilines is 1. The normalized spacial score (nSPS) is 10.5. The van der Waals surface area contributed by atoms with Gasteiger partial charge in [0.1, 0.15) is 17.8 Å². The number of nitrogens with one attached hydrogen (secondary N) is 1. The molecule has 0 saturated heterocycles. The van der Waals surface area contributed by atoms with E-state index in [0.717, 1.165) is 5.75 Å². The first kappa shape index (κ1) is 17.4. The number of hydrogen-bond donors (Lipinski definition) is 1. The maximum Gasteiger partial charge on any atom is 0.257 e. The summed E-state index contributed by atoms with van der Waals surface area (Å²) in [4.78, 5) is 12.7.